The Labute approximate surface area is 177 Å². The average molecular weight is 419 g/mol. The van der Waals surface area contributed by atoms with Crippen molar-refractivity contribution in [3.05, 3.63) is 82.7 Å². The van der Waals surface area contributed by atoms with Gasteiger partial charge in [-0.3, -0.25) is 0 Å². The minimum Gasteiger partial charge on any atom is -0.342 e. The summed E-state index contributed by atoms with van der Waals surface area (Å²) in [5.41, 5.74) is 9.17. The maximum Gasteiger partial charge on any atom is 0.178 e. The van der Waals surface area contributed by atoms with Crippen molar-refractivity contribution in [3.8, 4) is 11.1 Å². The van der Waals surface area contributed by atoms with Crippen molar-refractivity contribution < 1.29 is 8.42 Å². The summed E-state index contributed by atoms with van der Waals surface area (Å²) in [4.78, 5) is 8.69. The maximum atomic E-state index is 12.0. The molecule has 0 radical (unpaired) electrons. The van der Waals surface area contributed by atoms with Crippen LogP contribution in [0.25, 0.3) is 22.2 Å². The lowest BCUT2D eigenvalue weighted by Gasteiger charge is -2.13. The van der Waals surface area contributed by atoms with Crippen LogP contribution in [0, 0.1) is 20.8 Å². The molecule has 0 saturated heterocycles. The summed E-state index contributed by atoms with van der Waals surface area (Å²) in [5.74, 6) is 0.984. The molecule has 30 heavy (non-hydrogen) atoms. The Morgan fingerprint density at radius 1 is 0.933 bits per heavy atom. The van der Waals surface area contributed by atoms with Gasteiger partial charge in [0.1, 0.15) is 5.82 Å². The fraction of sp³-hybridized carbons (Fsp3) is 0.240. The molecule has 0 atom stereocenters. The van der Waals surface area contributed by atoms with Gasteiger partial charge in [-0.15, -0.1) is 0 Å². The van der Waals surface area contributed by atoms with E-state index in [-0.39, 0.29) is 5.75 Å². The molecule has 4 rings (SSSR count). The molecule has 1 aromatic heterocycles. The largest absolute Gasteiger partial charge is 0.342 e. The van der Waals surface area contributed by atoms with Gasteiger partial charge < -0.3 is 4.98 Å². The molecule has 1 N–H and O–H groups in total. The van der Waals surface area contributed by atoms with E-state index in [2.05, 4.69) is 56.1 Å². The molecular formula is C25H26N2O2S. The van der Waals surface area contributed by atoms with Crippen LogP contribution in [0.1, 0.15) is 35.0 Å². The van der Waals surface area contributed by atoms with Gasteiger partial charge in [-0.2, -0.15) is 0 Å². The van der Waals surface area contributed by atoms with Gasteiger partial charge in [-0.1, -0.05) is 43.3 Å². The third-order valence-corrected chi connectivity index (χ3v) is 7.47. The van der Waals surface area contributed by atoms with Crippen LogP contribution in [0.2, 0.25) is 0 Å². The molecule has 0 unspecified atom stereocenters. The number of nitrogens with zero attached hydrogens (tertiary/aromatic N) is 1. The summed E-state index contributed by atoms with van der Waals surface area (Å²) in [5, 5.41) is 0. The number of H-pyrrole nitrogens is 1. The number of nitrogens with one attached hydrogen (secondary N) is 1. The van der Waals surface area contributed by atoms with Gasteiger partial charge in [0.05, 0.1) is 21.7 Å². The number of hydrogen-bond donors (Lipinski definition) is 1. The highest BCUT2D eigenvalue weighted by Gasteiger charge is 2.15. The third kappa shape index (κ3) is 3.65. The first kappa shape index (κ1) is 20.4. The number of benzene rings is 3. The second-order valence-electron chi connectivity index (χ2n) is 7.81. The number of imidazole rings is 1. The minimum atomic E-state index is -3.18. The van der Waals surface area contributed by atoms with E-state index in [1.807, 2.05) is 12.1 Å². The molecule has 0 aliphatic rings. The van der Waals surface area contributed by atoms with Crippen molar-refractivity contribution in [3.63, 3.8) is 0 Å². The number of aromatic amines is 1. The van der Waals surface area contributed by atoms with Crippen LogP contribution in [0.4, 0.5) is 0 Å². The van der Waals surface area contributed by atoms with E-state index in [9.17, 15) is 8.42 Å². The fourth-order valence-electron chi connectivity index (χ4n) is 4.06. The Hall–Kier alpha value is -2.92. The minimum absolute atomic E-state index is 0.109. The molecule has 154 valence electrons. The summed E-state index contributed by atoms with van der Waals surface area (Å²) >= 11 is 0. The zero-order valence-corrected chi connectivity index (χ0v) is 18.6. The Balaban J connectivity index is 1.71. The second kappa shape index (κ2) is 7.73. The van der Waals surface area contributed by atoms with Crippen molar-refractivity contribution in [2.75, 3.05) is 5.75 Å². The number of rotatable bonds is 5. The van der Waals surface area contributed by atoms with Crippen molar-refractivity contribution in [1.82, 2.24) is 9.97 Å². The number of hydrogen-bond acceptors (Lipinski definition) is 3. The average Bonchev–Trinajstić information content (AvgIpc) is 3.12. The van der Waals surface area contributed by atoms with E-state index >= 15 is 0 Å². The van der Waals surface area contributed by atoms with E-state index in [0.717, 1.165) is 22.4 Å². The van der Waals surface area contributed by atoms with Gasteiger partial charge in [0, 0.05) is 6.42 Å². The summed E-state index contributed by atoms with van der Waals surface area (Å²) < 4.78 is 24.0. The zero-order chi connectivity index (χ0) is 21.5. The predicted molar refractivity (Wildman–Crippen MR) is 123 cm³/mol. The van der Waals surface area contributed by atoms with Gasteiger partial charge in [0.2, 0.25) is 0 Å². The lowest BCUT2D eigenvalue weighted by molar-refractivity contribution is 0.597. The molecule has 0 fully saturated rings. The molecule has 0 aliphatic heterocycles. The van der Waals surface area contributed by atoms with Gasteiger partial charge in [-0.25, -0.2) is 13.4 Å². The maximum absolute atomic E-state index is 12.0. The quantitative estimate of drug-likeness (QED) is 0.463. The van der Waals surface area contributed by atoms with Crippen molar-refractivity contribution in [1.29, 1.82) is 0 Å². The lowest BCUT2D eigenvalue weighted by Crippen LogP contribution is -2.03. The van der Waals surface area contributed by atoms with E-state index in [1.165, 1.54) is 27.8 Å². The van der Waals surface area contributed by atoms with E-state index < -0.39 is 9.84 Å². The topological polar surface area (TPSA) is 62.8 Å². The molecule has 3 aromatic carbocycles. The highest BCUT2D eigenvalue weighted by atomic mass is 32.2. The van der Waals surface area contributed by atoms with Crippen LogP contribution in [0.3, 0.4) is 0 Å². The van der Waals surface area contributed by atoms with Crippen molar-refractivity contribution >= 4 is 20.9 Å². The van der Waals surface area contributed by atoms with E-state index in [4.69, 9.17) is 4.98 Å². The zero-order valence-electron chi connectivity index (χ0n) is 17.8. The van der Waals surface area contributed by atoms with Crippen LogP contribution in [-0.4, -0.2) is 24.1 Å². The fourth-order valence-corrected chi connectivity index (χ4v) is 4.94. The Morgan fingerprint density at radius 3 is 2.30 bits per heavy atom. The van der Waals surface area contributed by atoms with Crippen LogP contribution in [-0.2, 0) is 16.3 Å². The molecule has 0 bridgehead atoms. The SMILES string of the molecule is CCS(=O)(=O)c1ccc(Cc2nc3c(C)c(-c4ccccc4C)c(C)cc3[nH]2)cc1. The van der Waals surface area contributed by atoms with E-state index in [0.29, 0.717) is 11.3 Å². The summed E-state index contributed by atoms with van der Waals surface area (Å²) in [6.07, 6.45) is 0.624. The van der Waals surface area contributed by atoms with Crippen LogP contribution < -0.4 is 0 Å². The Kier molecular flexibility index (Phi) is 5.24. The van der Waals surface area contributed by atoms with Crippen molar-refractivity contribution in [2.24, 2.45) is 0 Å². The molecule has 0 saturated carbocycles. The second-order valence-corrected chi connectivity index (χ2v) is 10.1. The number of aryl methyl sites for hydroxylation is 3. The van der Waals surface area contributed by atoms with E-state index in [1.54, 1.807) is 19.1 Å². The number of fused-ring (bicyclic) bond motifs is 1. The summed E-state index contributed by atoms with van der Waals surface area (Å²) in [7, 11) is -3.18. The molecule has 0 amide bonds. The molecular weight excluding hydrogens is 392 g/mol. The van der Waals surface area contributed by atoms with Gasteiger partial charge >= 0.3 is 0 Å². The van der Waals surface area contributed by atoms with Crippen LogP contribution in [0.15, 0.2) is 59.5 Å². The first-order chi connectivity index (χ1) is 14.3. The first-order valence-electron chi connectivity index (χ1n) is 10.2. The monoisotopic (exact) mass is 418 g/mol. The number of sulfone groups is 1. The summed E-state index contributed by atoms with van der Waals surface area (Å²) in [6.45, 7) is 8.07. The third-order valence-electron chi connectivity index (χ3n) is 5.71. The standard InChI is InChI=1S/C25H26N2O2S/c1-5-30(28,29)20-12-10-19(11-13-20)15-23-26-22-14-17(3)24(18(4)25(22)27-23)21-9-7-6-8-16(21)2/h6-14H,5,15H2,1-4H3,(H,26,27). The molecule has 0 aliphatic carbocycles. The van der Waals surface area contributed by atoms with Crippen molar-refractivity contribution in [2.45, 2.75) is 39.0 Å². The van der Waals surface area contributed by atoms with Gasteiger partial charge in [0.25, 0.3) is 0 Å². The first-order valence-corrected chi connectivity index (χ1v) is 11.8. The number of aromatic nitrogens is 2. The molecule has 0 spiro atoms. The molecule has 4 nitrogen and oxygen atoms in total. The van der Waals surface area contributed by atoms with Gasteiger partial charge in [-0.05, 0) is 72.4 Å². The smallest absolute Gasteiger partial charge is 0.178 e. The lowest BCUT2D eigenvalue weighted by atomic mass is 9.92. The van der Waals surface area contributed by atoms with Crippen LogP contribution >= 0.6 is 0 Å². The normalized spacial score (nSPS) is 11.9. The summed E-state index contributed by atoms with van der Waals surface area (Å²) in [6, 6.07) is 17.7. The Bertz CT molecular complexity index is 1330. The molecule has 4 aromatic rings. The van der Waals surface area contributed by atoms with Crippen LogP contribution in [0.5, 0.6) is 0 Å². The molecule has 5 heteroatoms. The highest BCUT2D eigenvalue weighted by molar-refractivity contribution is 7.91. The highest BCUT2D eigenvalue weighted by Crippen LogP contribution is 2.34. The van der Waals surface area contributed by atoms with Gasteiger partial charge in [0.15, 0.2) is 9.84 Å². The Morgan fingerprint density at radius 2 is 1.63 bits per heavy atom. The molecule has 1 heterocycles. The predicted octanol–water partition coefficient (Wildman–Crippen LogP) is 5.54.